The molecule has 0 bridgehead atoms. The monoisotopic (exact) mass is 271 g/mol. The van der Waals surface area contributed by atoms with Crippen molar-refractivity contribution in [3.63, 3.8) is 0 Å². The molecule has 0 atom stereocenters. The number of rotatable bonds is 3. The maximum atomic E-state index is 5.94. The first-order valence-electron chi connectivity index (χ1n) is 7.17. The lowest BCUT2D eigenvalue weighted by Crippen LogP contribution is -2.39. The lowest BCUT2D eigenvalue weighted by Gasteiger charge is -2.29. The van der Waals surface area contributed by atoms with E-state index in [1.54, 1.807) is 7.11 Å². The number of ether oxygens (including phenoxy) is 1. The van der Waals surface area contributed by atoms with Crippen LogP contribution >= 0.6 is 0 Å². The van der Waals surface area contributed by atoms with Crippen LogP contribution in [0.15, 0.2) is 30.3 Å². The van der Waals surface area contributed by atoms with E-state index < -0.39 is 0 Å². The van der Waals surface area contributed by atoms with Gasteiger partial charge in [0.05, 0.1) is 12.8 Å². The Morgan fingerprint density at radius 3 is 2.80 bits per heavy atom. The van der Waals surface area contributed by atoms with Gasteiger partial charge in [0, 0.05) is 31.1 Å². The maximum absolute atomic E-state index is 5.94. The SMILES string of the molecule is COc1cccc2ccc(CN3CCC(N)CC3)nc12. The van der Waals surface area contributed by atoms with Gasteiger partial charge in [0.25, 0.3) is 0 Å². The van der Waals surface area contributed by atoms with Crippen LogP contribution in [0.25, 0.3) is 10.9 Å². The molecule has 2 heterocycles. The van der Waals surface area contributed by atoms with E-state index in [9.17, 15) is 0 Å². The Balaban J connectivity index is 1.82. The number of aromatic nitrogens is 1. The van der Waals surface area contributed by atoms with Crippen molar-refractivity contribution in [3.8, 4) is 5.75 Å². The fourth-order valence-electron chi connectivity index (χ4n) is 2.75. The largest absolute Gasteiger partial charge is 0.494 e. The summed E-state index contributed by atoms with van der Waals surface area (Å²) in [6, 6.07) is 10.6. The maximum Gasteiger partial charge on any atom is 0.145 e. The van der Waals surface area contributed by atoms with Crippen LogP contribution in [0.5, 0.6) is 5.75 Å². The molecular weight excluding hydrogens is 250 g/mol. The highest BCUT2D eigenvalue weighted by Crippen LogP contribution is 2.24. The van der Waals surface area contributed by atoms with Crippen LogP contribution < -0.4 is 10.5 Å². The Hall–Kier alpha value is -1.65. The Morgan fingerprint density at radius 1 is 1.25 bits per heavy atom. The first-order valence-corrected chi connectivity index (χ1v) is 7.17. The molecule has 1 aliphatic rings. The molecule has 4 nitrogen and oxygen atoms in total. The van der Waals surface area contributed by atoms with Gasteiger partial charge in [0.2, 0.25) is 0 Å². The van der Waals surface area contributed by atoms with Crippen LogP contribution in [0.1, 0.15) is 18.5 Å². The Bertz CT molecular complexity index is 591. The summed E-state index contributed by atoms with van der Waals surface area (Å²) in [4.78, 5) is 7.18. The third-order valence-corrected chi connectivity index (χ3v) is 3.98. The van der Waals surface area contributed by atoms with Gasteiger partial charge in [-0.25, -0.2) is 4.98 Å². The smallest absolute Gasteiger partial charge is 0.145 e. The predicted molar refractivity (Wildman–Crippen MR) is 80.8 cm³/mol. The summed E-state index contributed by atoms with van der Waals surface area (Å²) in [5.41, 5.74) is 7.98. The second-order valence-electron chi connectivity index (χ2n) is 5.45. The van der Waals surface area contributed by atoms with Gasteiger partial charge in [-0.15, -0.1) is 0 Å². The average Bonchev–Trinajstić information content (AvgIpc) is 2.49. The van der Waals surface area contributed by atoms with Gasteiger partial charge in [-0.3, -0.25) is 4.90 Å². The molecule has 4 heteroatoms. The molecule has 1 saturated heterocycles. The molecule has 0 saturated carbocycles. The first-order chi connectivity index (χ1) is 9.76. The fraction of sp³-hybridized carbons (Fsp3) is 0.438. The van der Waals surface area contributed by atoms with Gasteiger partial charge in [-0.2, -0.15) is 0 Å². The topological polar surface area (TPSA) is 51.4 Å². The highest BCUT2D eigenvalue weighted by Gasteiger charge is 2.16. The molecule has 1 aliphatic heterocycles. The molecule has 1 fully saturated rings. The molecule has 2 aromatic rings. The van der Waals surface area contributed by atoms with Gasteiger partial charge < -0.3 is 10.5 Å². The number of pyridine rings is 1. The van der Waals surface area contributed by atoms with Gasteiger partial charge in [0.15, 0.2) is 0 Å². The van der Waals surface area contributed by atoms with E-state index in [2.05, 4.69) is 23.1 Å². The third kappa shape index (κ3) is 2.76. The molecule has 0 aliphatic carbocycles. The summed E-state index contributed by atoms with van der Waals surface area (Å²) >= 11 is 0. The molecule has 0 radical (unpaired) electrons. The summed E-state index contributed by atoms with van der Waals surface area (Å²) in [5.74, 6) is 0.838. The zero-order chi connectivity index (χ0) is 13.9. The van der Waals surface area contributed by atoms with Gasteiger partial charge in [-0.1, -0.05) is 18.2 Å². The van der Waals surface area contributed by atoms with E-state index in [-0.39, 0.29) is 0 Å². The van der Waals surface area contributed by atoms with Crippen LogP contribution in [0.3, 0.4) is 0 Å². The second kappa shape index (κ2) is 5.77. The third-order valence-electron chi connectivity index (χ3n) is 3.98. The highest BCUT2D eigenvalue weighted by atomic mass is 16.5. The molecule has 0 spiro atoms. The van der Waals surface area contributed by atoms with E-state index in [4.69, 9.17) is 15.5 Å². The lowest BCUT2D eigenvalue weighted by molar-refractivity contribution is 0.204. The van der Waals surface area contributed by atoms with Crippen LogP contribution in [0.2, 0.25) is 0 Å². The van der Waals surface area contributed by atoms with Gasteiger partial charge >= 0.3 is 0 Å². The molecule has 3 rings (SSSR count). The number of methoxy groups -OCH3 is 1. The van der Waals surface area contributed by atoms with Crippen molar-refractivity contribution in [1.29, 1.82) is 0 Å². The van der Waals surface area contributed by atoms with E-state index in [0.717, 1.165) is 54.8 Å². The summed E-state index contributed by atoms with van der Waals surface area (Å²) in [6.45, 7) is 3.01. The fourth-order valence-corrected chi connectivity index (χ4v) is 2.75. The van der Waals surface area contributed by atoms with Crippen molar-refractivity contribution < 1.29 is 4.74 Å². The van der Waals surface area contributed by atoms with Crippen molar-refractivity contribution in [2.45, 2.75) is 25.4 Å². The van der Waals surface area contributed by atoms with E-state index >= 15 is 0 Å². The summed E-state index contributed by atoms with van der Waals surface area (Å²) in [5, 5.41) is 1.12. The highest BCUT2D eigenvalue weighted by molar-refractivity contribution is 5.84. The quantitative estimate of drug-likeness (QED) is 0.929. The number of nitrogens with two attached hydrogens (primary N) is 1. The van der Waals surface area contributed by atoms with E-state index in [1.165, 1.54) is 0 Å². The zero-order valence-electron chi connectivity index (χ0n) is 11.9. The Labute approximate surface area is 119 Å². The summed E-state index contributed by atoms with van der Waals surface area (Å²) in [7, 11) is 1.69. The van der Waals surface area contributed by atoms with Gasteiger partial charge in [-0.05, 0) is 25.0 Å². The van der Waals surface area contributed by atoms with Crippen molar-refractivity contribution in [2.75, 3.05) is 20.2 Å². The lowest BCUT2D eigenvalue weighted by atomic mass is 10.1. The Kier molecular flexibility index (Phi) is 3.85. The van der Waals surface area contributed by atoms with Crippen LogP contribution in [-0.4, -0.2) is 36.1 Å². The molecule has 106 valence electrons. The number of hydrogen-bond acceptors (Lipinski definition) is 4. The number of hydrogen-bond donors (Lipinski definition) is 1. The van der Waals surface area contributed by atoms with Crippen molar-refractivity contribution in [2.24, 2.45) is 5.73 Å². The summed E-state index contributed by atoms with van der Waals surface area (Å²) < 4.78 is 5.39. The Morgan fingerprint density at radius 2 is 2.05 bits per heavy atom. The van der Waals surface area contributed by atoms with Crippen molar-refractivity contribution in [3.05, 3.63) is 36.0 Å². The standard InChI is InChI=1S/C16H21N3O/c1-20-15-4-2-3-12-5-6-14(18-16(12)15)11-19-9-7-13(17)8-10-19/h2-6,13H,7-11,17H2,1H3. The number of para-hydroxylation sites is 1. The minimum absolute atomic E-state index is 0.371. The molecule has 1 aromatic carbocycles. The zero-order valence-corrected chi connectivity index (χ0v) is 11.9. The van der Waals surface area contributed by atoms with Crippen LogP contribution in [0, 0.1) is 0 Å². The van der Waals surface area contributed by atoms with Crippen LogP contribution in [0.4, 0.5) is 0 Å². The normalized spacial score (nSPS) is 17.5. The average molecular weight is 271 g/mol. The first kappa shape index (κ1) is 13.3. The number of fused-ring (bicyclic) bond motifs is 1. The molecule has 1 aromatic heterocycles. The van der Waals surface area contributed by atoms with Gasteiger partial charge in [0.1, 0.15) is 11.3 Å². The molecule has 0 unspecified atom stereocenters. The minimum Gasteiger partial charge on any atom is -0.494 e. The number of benzene rings is 1. The van der Waals surface area contributed by atoms with E-state index in [1.807, 2.05) is 12.1 Å². The number of likely N-dealkylation sites (tertiary alicyclic amines) is 1. The number of nitrogens with zero attached hydrogens (tertiary/aromatic N) is 2. The molecule has 20 heavy (non-hydrogen) atoms. The molecule has 2 N–H and O–H groups in total. The van der Waals surface area contributed by atoms with Crippen molar-refractivity contribution in [1.82, 2.24) is 9.88 Å². The molecular formula is C16H21N3O. The minimum atomic E-state index is 0.371. The second-order valence-corrected chi connectivity index (χ2v) is 5.45. The van der Waals surface area contributed by atoms with E-state index in [0.29, 0.717) is 6.04 Å². The molecule has 0 amide bonds. The summed E-state index contributed by atoms with van der Waals surface area (Å²) in [6.07, 6.45) is 2.16. The van der Waals surface area contributed by atoms with Crippen LogP contribution in [-0.2, 0) is 6.54 Å². The number of piperidine rings is 1. The predicted octanol–water partition coefficient (Wildman–Crippen LogP) is 2.17. The van der Waals surface area contributed by atoms with Crippen molar-refractivity contribution >= 4 is 10.9 Å².